The number of rotatable bonds is 8. The zero-order chi connectivity index (χ0) is 26.5. The maximum Gasteiger partial charge on any atom is 0.647 e. The van der Waals surface area contributed by atoms with E-state index in [0.29, 0.717) is 38.0 Å². The van der Waals surface area contributed by atoms with Crippen LogP contribution in [0.3, 0.4) is 0 Å². The predicted octanol–water partition coefficient (Wildman–Crippen LogP) is 11.7. The first-order chi connectivity index (χ1) is 18.4. The highest BCUT2D eigenvalue weighted by atomic mass is 79.9. The number of para-hydroxylation sites is 2. The van der Waals surface area contributed by atoms with Gasteiger partial charge in [-0.05, 0) is 105 Å². The lowest BCUT2D eigenvalue weighted by molar-refractivity contribution is 0.291. The highest BCUT2D eigenvalue weighted by molar-refractivity contribution is 9.11. The molecule has 2 aliphatic rings. The Morgan fingerprint density at radius 1 is 0.605 bits per heavy atom. The Labute approximate surface area is 250 Å². The third kappa shape index (κ3) is 6.89. The van der Waals surface area contributed by atoms with Gasteiger partial charge < -0.3 is 13.6 Å². The zero-order valence-electron chi connectivity index (χ0n) is 21.2. The molecule has 2 fully saturated rings. The van der Waals surface area contributed by atoms with Gasteiger partial charge in [0.15, 0.2) is 5.75 Å². The second-order valence-corrected chi connectivity index (χ2v) is 14.2. The largest absolute Gasteiger partial charge is 0.647 e. The molecule has 0 bridgehead atoms. The third-order valence-electron chi connectivity index (χ3n) is 7.51. The van der Waals surface area contributed by atoms with E-state index in [9.17, 15) is 4.57 Å². The molecular weight excluding hydrogens is 695 g/mol. The number of phosphoric ester groups is 1. The first-order valence-corrected chi connectivity index (χ1v) is 17.3. The lowest BCUT2D eigenvalue weighted by Crippen LogP contribution is -2.13. The maximum atomic E-state index is 14.7. The minimum atomic E-state index is -4.19. The molecule has 8 heteroatoms. The normalized spacial score (nSPS) is 17.2. The van der Waals surface area contributed by atoms with E-state index in [1.165, 1.54) is 38.5 Å². The van der Waals surface area contributed by atoms with E-state index in [-0.39, 0.29) is 0 Å². The Kier molecular flexibility index (Phi) is 9.62. The Morgan fingerprint density at radius 2 is 1.03 bits per heavy atom. The van der Waals surface area contributed by atoms with Gasteiger partial charge in [0, 0.05) is 4.47 Å². The minimum absolute atomic E-state index is 0.363. The van der Waals surface area contributed by atoms with Crippen LogP contribution >= 0.6 is 55.6 Å². The number of benzene rings is 3. The number of hydrogen-bond acceptors (Lipinski definition) is 4. The fourth-order valence-corrected chi connectivity index (χ4v) is 9.67. The average molecular weight is 727 g/mol. The van der Waals surface area contributed by atoms with Crippen molar-refractivity contribution in [2.45, 2.75) is 76.0 Å². The van der Waals surface area contributed by atoms with Crippen molar-refractivity contribution in [1.82, 2.24) is 0 Å². The van der Waals surface area contributed by atoms with Gasteiger partial charge >= 0.3 is 7.82 Å². The van der Waals surface area contributed by atoms with Crippen LogP contribution in [-0.2, 0) is 4.57 Å². The Balaban J connectivity index is 1.53. The number of halogens is 3. The molecule has 0 N–H and O–H groups in total. The molecule has 2 saturated carbocycles. The fourth-order valence-electron chi connectivity index (χ4n) is 5.65. The average Bonchev–Trinajstić information content (AvgIpc) is 2.92. The Hall–Kier alpha value is -1.27. The van der Waals surface area contributed by atoms with Crippen LogP contribution in [0.15, 0.2) is 74.1 Å². The van der Waals surface area contributed by atoms with Crippen molar-refractivity contribution in [3.8, 4) is 17.2 Å². The van der Waals surface area contributed by atoms with Crippen LogP contribution in [0.1, 0.15) is 87.2 Å². The predicted molar refractivity (Wildman–Crippen MR) is 164 cm³/mol. The molecular formula is C30H32Br3O4P. The van der Waals surface area contributed by atoms with E-state index >= 15 is 0 Å². The lowest BCUT2D eigenvalue weighted by Gasteiger charge is -2.28. The van der Waals surface area contributed by atoms with Crippen LogP contribution in [0.2, 0.25) is 0 Å². The molecule has 0 aromatic heterocycles. The van der Waals surface area contributed by atoms with Crippen molar-refractivity contribution in [2.75, 3.05) is 0 Å². The van der Waals surface area contributed by atoms with Crippen molar-refractivity contribution in [2.24, 2.45) is 0 Å². The fraction of sp³-hybridized carbons (Fsp3) is 0.400. The van der Waals surface area contributed by atoms with Crippen molar-refractivity contribution < 1.29 is 18.1 Å². The quantitative estimate of drug-likeness (QED) is 0.217. The molecule has 202 valence electrons. The van der Waals surface area contributed by atoms with Gasteiger partial charge in [-0.3, -0.25) is 0 Å². The SMILES string of the molecule is O=P(Oc1ccccc1C1CCCCC1)(Oc1ccccc1C1CCCCC1)Oc1c(Br)cc(Br)cc1Br. The summed E-state index contributed by atoms with van der Waals surface area (Å²) in [5.41, 5.74) is 2.13. The number of hydrogen-bond donors (Lipinski definition) is 0. The van der Waals surface area contributed by atoms with Crippen LogP contribution in [0.25, 0.3) is 0 Å². The van der Waals surface area contributed by atoms with Crippen LogP contribution in [0.5, 0.6) is 17.2 Å². The standard InChI is InChI=1S/C30H32Br3O4P/c31-23-19-26(32)30(27(33)20-23)37-38(34,35-28-17-9-7-15-24(28)21-11-3-1-4-12-21)36-29-18-10-8-16-25(29)22-13-5-2-6-14-22/h7-10,15-22H,1-6,11-14H2. The van der Waals surface area contributed by atoms with E-state index in [4.69, 9.17) is 13.6 Å². The molecule has 0 heterocycles. The summed E-state index contributed by atoms with van der Waals surface area (Å²) in [7, 11) is -4.19. The van der Waals surface area contributed by atoms with Gasteiger partial charge in [0.25, 0.3) is 0 Å². The molecule has 3 aromatic carbocycles. The van der Waals surface area contributed by atoms with Crippen molar-refractivity contribution >= 4 is 55.6 Å². The highest BCUT2D eigenvalue weighted by Gasteiger charge is 2.37. The third-order valence-corrected chi connectivity index (χ3v) is 10.4. The topological polar surface area (TPSA) is 44.8 Å². The molecule has 5 rings (SSSR count). The van der Waals surface area contributed by atoms with E-state index in [1.807, 2.05) is 48.5 Å². The van der Waals surface area contributed by atoms with E-state index in [0.717, 1.165) is 41.3 Å². The summed E-state index contributed by atoms with van der Waals surface area (Å²) in [5, 5.41) is 0. The van der Waals surface area contributed by atoms with Crippen LogP contribution in [0, 0.1) is 0 Å². The van der Waals surface area contributed by atoms with Crippen LogP contribution in [0.4, 0.5) is 0 Å². The Bertz CT molecular complexity index is 1210. The zero-order valence-corrected chi connectivity index (χ0v) is 26.9. The molecule has 3 aromatic rings. The van der Waals surface area contributed by atoms with Gasteiger partial charge in [-0.25, -0.2) is 0 Å². The lowest BCUT2D eigenvalue weighted by atomic mass is 9.84. The van der Waals surface area contributed by atoms with Gasteiger partial charge in [-0.1, -0.05) is 90.9 Å². The molecule has 0 amide bonds. The van der Waals surface area contributed by atoms with Gasteiger partial charge in [0.2, 0.25) is 0 Å². The summed E-state index contributed by atoms with van der Waals surface area (Å²) in [4.78, 5) is 0. The van der Waals surface area contributed by atoms with Crippen LogP contribution < -0.4 is 13.6 Å². The second-order valence-electron chi connectivity index (χ2n) is 10.2. The molecule has 0 spiro atoms. The highest BCUT2D eigenvalue weighted by Crippen LogP contribution is 2.55. The van der Waals surface area contributed by atoms with Gasteiger partial charge in [0.1, 0.15) is 11.5 Å². The van der Waals surface area contributed by atoms with Crippen molar-refractivity contribution in [3.05, 3.63) is 85.2 Å². The summed E-state index contributed by atoms with van der Waals surface area (Å²) in [6, 6.07) is 19.5. The first-order valence-electron chi connectivity index (χ1n) is 13.4. The van der Waals surface area contributed by atoms with E-state index < -0.39 is 7.82 Å². The summed E-state index contributed by atoms with van der Waals surface area (Å²) in [6.45, 7) is 0. The first kappa shape index (κ1) is 28.3. The minimum Gasteiger partial charge on any atom is -0.386 e. The van der Waals surface area contributed by atoms with Crippen LogP contribution in [-0.4, -0.2) is 0 Å². The van der Waals surface area contributed by atoms with Crippen molar-refractivity contribution in [1.29, 1.82) is 0 Å². The summed E-state index contributed by atoms with van der Waals surface area (Å²) in [6.07, 6.45) is 11.7. The smallest absolute Gasteiger partial charge is 0.386 e. The second kappa shape index (κ2) is 12.9. The molecule has 0 radical (unpaired) electrons. The monoisotopic (exact) mass is 724 g/mol. The molecule has 0 saturated heterocycles. The summed E-state index contributed by atoms with van der Waals surface area (Å²) >= 11 is 10.6. The van der Waals surface area contributed by atoms with E-state index in [2.05, 4.69) is 59.9 Å². The van der Waals surface area contributed by atoms with E-state index in [1.54, 1.807) is 0 Å². The van der Waals surface area contributed by atoms with Gasteiger partial charge in [-0.2, -0.15) is 4.57 Å². The Morgan fingerprint density at radius 3 is 1.47 bits per heavy atom. The van der Waals surface area contributed by atoms with Gasteiger partial charge in [-0.15, -0.1) is 0 Å². The van der Waals surface area contributed by atoms with Gasteiger partial charge in [0.05, 0.1) is 8.95 Å². The summed E-state index contributed by atoms with van der Waals surface area (Å²) in [5.74, 6) is 2.22. The number of phosphoric acid groups is 1. The molecule has 0 unspecified atom stereocenters. The molecule has 0 aliphatic heterocycles. The molecule has 2 aliphatic carbocycles. The molecule has 4 nitrogen and oxygen atoms in total. The molecule has 0 atom stereocenters. The maximum absolute atomic E-state index is 14.7. The molecule has 38 heavy (non-hydrogen) atoms. The van der Waals surface area contributed by atoms with Crippen molar-refractivity contribution in [3.63, 3.8) is 0 Å². The summed E-state index contributed by atoms with van der Waals surface area (Å²) < 4.78 is 35.7.